The normalized spacial score (nSPS) is 14.6. The van der Waals surface area contributed by atoms with E-state index in [0.717, 1.165) is 120 Å². The minimum atomic E-state index is -4.95. The zero-order valence-corrected chi connectivity index (χ0v) is 60.6. The highest BCUT2D eigenvalue weighted by atomic mass is 31.2. The van der Waals surface area contributed by atoms with Crippen molar-refractivity contribution in [3.63, 3.8) is 0 Å². The molecule has 3 unspecified atom stereocenters. The van der Waals surface area contributed by atoms with Crippen molar-refractivity contribution in [1.29, 1.82) is 0 Å². The first kappa shape index (κ1) is 88.1. The smallest absolute Gasteiger partial charge is 0.462 e. The number of aliphatic hydroxyl groups excluding tert-OH is 1. The summed E-state index contributed by atoms with van der Waals surface area (Å²) in [5, 5.41) is 10.6. The van der Waals surface area contributed by atoms with Crippen molar-refractivity contribution in [3.05, 3.63) is 0 Å². The van der Waals surface area contributed by atoms with E-state index >= 15 is 0 Å². The Balaban J connectivity index is 5.24. The van der Waals surface area contributed by atoms with Gasteiger partial charge in [-0.25, -0.2) is 9.13 Å². The molecule has 17 nitrogen and oxygen atoms in total. The second-order valence-corrected chi connectivity index (χ2v) is 30.2. The monoisotopic (exact) mass is 1320 g/mol. The highest BCUT2D eigenvalue weighted by Gasteiger charge is 2.30. The fraction of sp³-hybridized carbons (Fsp3) is 0.944. The second-order valence-electron chi connectivity index (χ2n) is 27.3. The topological polar surface area (TPSA) is 237 Å². The maximum Gasteiger partial charge on any atom is 0.472 e. The highest BCUT2D eigenvalue weighted by molar-refractivity contribution is 7.47. The van der Waals surface area contributed by atoms with Crippen LogP contribution in [0.3, 0.4) is 0 Å². The maximum absolute atomic E-state index is 13.0. The number of phosphoric acid groups is 2. The molecule has 0 amide bonds. The molecule has 0 radical (unpaired) electrons. The van der Waals surface area contributed by atoms with Crippen molar-refractivity contribution in [2.75, 3.05) is 39.6 Å². The van der Waals surface area contributed by atoms with Crippen molar-refractivity contribution in [2.45, 2.75) is 369 Å². The predicted octanol–water partition coefficient (Wildman–Crippen LogP) is 20.1. The van der Waals surface area contributed by atoms with Gasteiger partial charge in [0.1, 0.15) is 19.3 Å². The molecule has 0 spiro atoms. The van der Waals surface area contributed by atoms with E-state index < -0.39 is 97.5 Å². The summed E-state index contributed by atoms with van der Waals surface area (Å²) in [4.78, 5) is 72.6. The van der Waals surface area contributed by atoms with Gasteiger partial charge in [0.05, 0.1) is 26.4 Å². The standard InChI is InChI=1S/C71H138O17P2/c1-9-64(8)50-42-34-29-30-36-44-52-69(74)82-58-67(88-71(76)54-46-38-28-20-16-18-24-32-40-48-62(4)5)60-86-90(79,80)84-56-65(72)55-83-89(77,78)85-59-66(57-81-68(73)51-43-35-26-22-21-25-33-41-49-63(6)7)87-70(75)53-45-37-27-19-15-13-11-10-12-14-17-23-31-39-47-61(2)3/h61-67,72H,9-60H2,1-8H3,(H,77,78)(H,79,80)/t64?,65-,66-,67-/m1/s1. The molecule has 0 aliphatic heterocycles. The van der Waals surface area contributed by atoms with E-state index in [1.807, 2.05) is 0 Å². The number of hydrogen-bond donors (Lipinski definition) is 3. The van der Waals surface area contributed by atoms with E-state index in [1.165, 1.54) is 148 Å². The highest BCUT2D eigenvalue weighted by Crippen LogP contribution is 2.45. The fourth-order valence-electron chi connectivity index (χ4n) is 10.6. The van der Waals surface area contributed by atoms with Crippen molar-refractivity contribution < 1.29 is 80.2 Å². The summed E-state index contributed by atoms with van der Waals surface area (Å²) in [6.45, 7) is 14.1. The third-order valence-electron chi connectivity index (χ3n) is 16.7. The van der Waals surface area contributed by atoms with Crippen molar-refractivity contribution in [2.24, 2.45) is 23.7 Å². The molecule has 0 aromatic carbocycles. The average molecular weight is 1330 g/mol. The lowest BCUT2D eigenvalue weighted by atomic mass is 10.00. The summed E-state index contributed by atoms with van der Waals surface area (Å²) in [6.07, 6.45) is 43.1. The van der Waals surface area contributed by atoms with Gasteiger partial charge in [-0.2, -0.15) is 0 Å². The SMILES string of the molecule is CCC(C)CCCCCCCCC(=O)OC[C@H](COP(=O)(O)OC[C@H](O)COP(=O)(O)OC[C@@H](COC(=O)CCCCCCCCCCC(C)C)OC(=O)CCCCCCCCCCCCCCCCC(C)C)OC(=O)CCCCCCCCCCCC(C)C. The Bertz CT molecular complexity index is 1780. The van der Waals surface area contributed by atoms with Crippen LogP contribution in [0.2, 0.25) is 0 Å². The van der Waals surface area contributed by atoms with Crippen LogP contribution in [0.4, 0.5) is 0 Å². The number of rotatable bonds is 68. The molecule has 534 valence electrons. The molecule has 0 aromatic rings. The summed E-state index contributed by atoms with van der Waals surface area (Å²) in [5.41, 5.74) is 0. The van der Waals surface area contributed by atoms with E-state index in [4.69, 9.17) is 37.0 Å². The average Bonchev–Trinajstić information content (AvgIpc) is 3.69. The molecule has 0 aliphatic rings. The van der Waals surface area contributed by atoms with Crippen LogP contribution in [0.5, 0.6) is 0 Å². The lowest BCUT2D eigenvalue weighted by Crippen LogP contribution is -2.30. The summed E-state index contributed by atoms with van der Waals surface area (Å²) in [6, 6.07) is 0. The minimum Gasteiger partial charge on any atom is -0.462 e. The van der Waals surface area contributed by atoms with Crippen LogP contribution in [0.15, 0.2) is 0 Å². The molecule has 0 saturated carbocycles. The number of ether oxygens (including phenoxy) is 4. The van der Waals surface area contributed by atoms with E-state index in [2.05, 4.69) is 55.4 Å². The molecule has 3 N–H and O–H groups in total. The van der Waals surface area contributed by atoms with Crippen LogP contribution in [-0.2, 0) is 65.4 Å². The van der Waals surface area contributed by atoms with Crippen LogP contribution in [0.25, 0.3) is 0 Å². The first-order chi connectivity index (χ1) is 43.1. The molecule has 0 heterocycles. The van der Waals surface area contributed by atoms with Crippen molar-refractivity contribution >= 4 is 39.5 Å². The van der Waals surface area contributed by atoms with E-state index in [1.54, 1.807) is 0 Å². The van der Waals surface area contributed by atoms with Crippen LogP contribution >= 0.6 is 15.6 Å². The summed E-state index contributed by atoms with van der Waals surface area (Å²) in [7, 11) is -9.90. The number of aliphatic hydroxyl groups is 1. The number of carbonyl (C=O) groups is 4. The van der Waals surface area contributed by atoms with Crippen molar-refractivity contribution in [1.82, 2.24) is 0 Å². The molecule has 0 bridgehead atoms. The summed E-state index contributed by atoms with van der Waals surface area (Å²) in [5.74, 6) is 0.859. The lowest BCUT2D eigenvalue weighted by Gasteiger charge is -2.21. The van der Waals surface area contributed by atoms with Gasteiger partial charge in [0, 0.05) is 25.7 Å². The zero-order chi connectivity index (χ0) is 66.8. The molecule has 0 aliphatic carbocycles. The Kier molecular flexibility index (Phi) is 59.4. The van der Waals surface area contributed by atoms with Gasteiger partial charge < -0.3 is 33.8 Å². The summed E-state index contributed by atoms with van der Waals surface area (Å²) < 4.78 is 68.3. The molecule has 0 aromatic heterocycles. The Labute approximate surface area is 549 Å². The van der Waals surface area contributed by atoms with Gasteiger partial charge in [0.15, 0.2) is 12.2 Å². The Morgan fingerprint density at radius 1 is 0.311 bits per heavy atom. The molecule has 0 rings (SSSR count). The van der Waals surface area contributed by atoms with Gasteiger partial charge in [-0.15, -0.1) is 0 Å². The summed E-state index contributed by atoms with van der Waals surface area (Å²) >= 11 is 0. The van der Waals surface area contributed by atoms with Crippen LogP contribution < -0.4 is 0 Å². The number of carbonyl (C=O) groups excluding carboxylic acids is 4. The predicted molar refractivity (Wildman–Crippen MR) is 363 cm³/mol. The molecule has 19 heteroatoms. The van der Waals surface area contributed by atoms with E-state index in [0.29, 0.717) is 25.7 Å². The minimum absolute atomic E-state index is 0.104. The van der Waals surface area contributed by atoms with Crippen molar-refractivity contribution in [3.8, 4) is 0 Å². The molecular formula is C71H138O17P2. The van der Waals surface area contributed by atoms with Gasteiger partial charge in [0.2, 0.25) is 0 Å². The van der Waals surface area contributed by atoms with E-state index in [-0.39, 0.29) is 25.7 Å². The molecule has 0 fully saturated rings. The number of hydrogen-bond acceptors (Lipinski definition) is 15. The number of esters is 4. The molecular weight excluding hydrogens is 1190 g/mol. The Morgan fingerprint density at radius 3 is 0.789 bits per heavy atom. The van der Waals surface area contributed by atoms with Crippen LogP contribution in [-0.4, -0.2) is 96.7 Å². The third-order valence-corrected chi connectivity index (χ3v) is 18.6. The van der Waals surface area contributed by atoms with Gasteiger partial charge in [-0.1, -0.05) is 299 Å². The van der Waals surface area contributed by atoms with Gasteiger partial charge in [-0.3, -0.25) is 37.3 Å². The maximum atomic E-state index is 13.0. The fourth-order valence-corrected chi connectivity index (χ4v) is 12.2. The first-order valence-electron chi connectivity index (χ1n) is 36.7. The van der Waals surface area contributed by atoms with Gasteiger partial charge in [0.25, 0.3) is 0 Å². The quantitative estimate of drug-likeness (QED) is 0.0222. The Morgan fingerprint density at radius 2 is 0.533 bits per heavy atom. The van der Waals surface area contributed by atoms with Gasteiger partial charge >= 0.3 is 39.5 Å². The van der Waals surface area contributed by atoms with Crippen LogP contribution in [0, 0.1) is 23.7 Å². The van der Waals surface area contributed by atoms with Gasteiger partial charge in [-0.05, 0) is 49.4 Å². The first-order valence-corrected chi connectivity index (χ1v) is 39.7. The zero-order valence-electron chi connectivity index (χ0n) is 58.8. The van der Waals surface area contributed by atoms with E-state index in [9.17, 15) is 43.2 Å². The lowest BCUT2D eigenvalue weighted by molar-refractivity contribution is -0.161. The molecule has 0 saturated heterocycles. The Hall–Kier alpha value is -1.94. The largest absolute Gasteiger partial charge is 0.472 e. The number of phosphoric ester groups is 2. The molecule has 6 atom stereocenters. The number of unbranched alkanes of at least 4 members (excludes halogenated alkanes) is 33. The third kappa shape index (κ3) is 63.5. The second kappa shape index (κ2) is 60.7. The molecule has 90 heavy (non-hydrogen) atoms. The van der Waals surface area contributed by atoms with Crippen LogP contribution in [0.1, 0.15) is 351 Å².